The molecule has 7 heteroatoms. The van der Waals surface area contributed by atoms with Crippen LogP contribution in [0, 0.1) is 33.3 Å². The Bertz CT molecular complexity index is 867. The molecule has 0 heterocycles. The number of hydrogen-bond donors (Lipinski definition) is 2. The van der Waals surface area contributed by atoms with Gasteiger partial charge in [-0.2, -0.15) is 0 Å². The molecule has 1 aromatic rings. The largest absolute Gasteiger partial charge is 0.508 e. The van der Waals surface area contributed by atoms with Crippen molar-refractivity contribution in [3.8, 4) is 5.75 Å². The summed E-state index contributed by atoms with van der Waals surface area (Å²) >= 11 is 0. The van der Waals surface area contributed by atoms with Crippen LogP contribution in [0.4, 0.5) is 5.69 Å². The molecule has 2 saturated carbocycles. The van der Waals surface area contributed by atoms with E-state index in [-0.39, 0.29) is 58.1 Å². The number of ketones is 1. The number of rotatable bonds is 4. The average Bonchev–Trinajstić information content (AvgIpc) is 2.90. The van der Waals surface area contributed by atoms with Gasteiger partial charge < -0.3 is 10.8 Å². The summed E-state index contributed by atoms with van der Waals surface area (Å²) in [5, 5.41) is 22.0. The minimum absolute atomic E-state index is 0.0312. The molecule has 2 fully saturated rings. The minimum atomic E-state index is -0.424. The zero-order chi connectivity index (χ0) is 20.2. The maximum atomic E-state index is 12.9. The van der Waals surface area contributed by atoms with Crippen molar-refractivity contribution < 1.29 is 19.6 Å². The standard InChI is InChI=1S/C21H26N2O5/c1-21-9-8-12-13(20(21)11(10-17(21)25)2-7-18(22)26)3-4-14-16(24)6-5-15(19(12)14)23(27)28/h5-6,11-13,20,24H,2-4,7-10H2,1H3,(H2,22,26). The van der Waals surface area contributed by atoms with Crippen LogP contribution < -0.4 is 5.73 Å². The van der Waals surface area contributed by atoms with Crippen molar-refractivity contribution in [1.82, 2.24) is 0 Å². The lowest BCUT2D eigenvalue weighted by Gasteiger charge is -2.49. The lowest BCUT2D eigenvalue weighted by Crippen LogP contribution is -2.44. The number of nitro benzene ring substituents is 1. The number of phenolic OH excluding ortho intramolecular Hbond substituents is 1. The Morgan fingerprint density at radius 3 is 2.82 bits per heavy atom. The monoisotopic (exact) mass is 386 g/mol. The van der Waals surface area contributed by atoms with Gasteiger partial charge >= 0.3 is 0 Å². The molecule has 7 nitrogen and oxygen atoms in total. The van der Waals surface area contributed by atoms with Crippen LogP contribution in [0.3, 0.4) is 0 Å². The summed E-state index contributed by atoms with van der Waals surface area (Å²) in [6.07, 6.45) is 4.10. The molecular formula is C21H26N2O5. The van der Waals surface area contributed by atoms with E-state index >= 15 is 0 Å². The number of aromatic hydroxyl groups is 1. The third-order valence-electron chi connectivity index (χ3n) is 7.65. The van der Waals surface area contributed by atoms with Crippen LogP contribution in [0.1, 0.15) is 62.5 Å². The van der Waals surface area contributed by atoms with Crippen molar-refractivity contribution in [2.45, 2.75) is 57.8 Å². The van der Waals surface area contributed by atoms with Crippen LogP contribution in [0.15, 0.2) is 12.1 Å². The lowest BCUT2D eigenvalue weighted by atomic mass is 9.53. The summed E-state index contributed by atoms with van der Waals surface area (Å²) in [5.41, 5.74) is 6.35. The quantitative estimate of drug-likeness (QED) is 0.607. The van der Waals surface area contributed by atoms with Gasteiger partial charge in [0.2, 0.25) is 5.91 Å². The second-order valence-corrected chi connectivity index (χ2v) is 8.94. The highest BCUT2D eigenvalue weighted by molar-refractivity contribution is 5.88. The van der Waals surface area contributed by atoms with E-state index in [2.05, 4.69) is 0 Å². The Hall–Kier alpha value is -2.44. The van der Waals surface area contributed by atoms with Crippen molar-refractivity contribution in [1.29, 1.82) is 0 Å². The fourth-order valence-corrected chi connectivity index (χ4v) is 6.49. The van der Waals surface area contributed by atoms with Gasteiger partial charge in [0.15, 0.2) is 0 Å². The molecule has 0 spiro atoms. The molecule has 3 aliphatic rings. The number of Topliss-reactive ketones (excluding diaryl/α,β-unsaturated/α-hetero) is 1. The van der Waals surface area contributed by atoms with Crippen LogP contribution in [0.5, 0.6) is 5.75 Å². The predicted octanol–water partition coefficient (Wildman–Crippen LogP) is 3.22. The van der Waals surface area contributed by atoms with Crippen molar-refractivity contribution in [2.24, 2.45) is 28.9 Å². The van der Waals surface area contributed by atoms with E-state index in [4.69, 9.17) is 5.73 Å². The van der Waals surface area contributed by atoms with Gasteiger partial charge in [0.05, 0.1) is 4.92 Å². The molecule has 4 rings (SSSR count). The third-order valence-corrected chi connectivity index (χ3v) is 7.65. The molecule has 3 N–H and O–H groups in total. The number of nitrogens with zero attached hydrogens (tertiary/aromatic N) is 1. The number of phenols is 1. The minimum Gasteiger partial charge on any atom is -0.508 e. The van der Waals surface area contributed by atoms with E-state index in [0.717, 1.165) is 6.42 Å². The first-order chi connectivity index (χ1) is 13.2. The molecule has 1 aromatic carbocycles. The summed E-state index contributed by atoms with van der Waals surface area (Å²) in [5.74, 6) is 0.334. The van der Waals surface area contributed by atoms with Gasteiger partial charge in [-0.15, -0.1) is 0 Å². The van der Waals surface area contributed by atoms with Crippen molar-refractivity contribution in [3.05, 3.63) is 33.4 Å². The van der Waals surface area contributed by atoms with Gasteiger partial charge in [-0.05, 0) is 61.8 Å². The Morgan fingerprint density at radius 1 is 1.39 bits per heavy atom. The highest BCUT2D eigenvalue weighted by atomic mass is 16.6. The molecule has 1 amide bonds. The molecule has 0 aliphatic heterocycles. The number of nitrogens with two attached hydrogens (primary N) is 1. The maximum Gasteiger partial charge on any atom is 0.273 e. The summed E-state index contributed by atoms with van der Waals surface area (Å²) < 4.78 is 0. The number of primary amides is 1. The number of carbonyl (C=O) groups excluding carboxylic acids is 2. The molecule has 150 valence electrons. The van der Waals surface area contributed by atoms with Crippen LogP contribution in [0.25, 0.3) is 0 Å². The van der Waals surface area contributed by atoms with Crippen LogP contribution in [0.2, 0.25) is 0 Å². The molecular weight excluding hydrogens is 360 g/mol. The molecule has 28 heavy (non-hydrogen) atoms. The number of fused-ring (bicyclic) bond motifs is 5. The van der Waals surface area contributed by atoms with E-state index in [1.165, 1.54) is 12.1 Å². The predicted molar refractivity (Wildman–Crippen MR) is 102 cm³/mol. The van der Waals surface area contributed by atoms with E-state index in [1.54, 1.807) is 0 Å². The zero-order valence-electron chi connectivity index (χ0n) is 16.0. The summed E-state index contributed by atoms with van der Waals surface area (Å²) in [7, 11) is 0. The number of amides is 1. The molecule has 5 atom stereocenters. The van der Waals surface area contributed by atoms with Crippen molar-refractivity contribution in [2.75, 3.05) is 0 Å². The summed E-state index contributed by atoms with van der Waals surface area (Å²) in [6.45, 7) is 2.03. The van der Waals surface area contributed by atoms with Crippen molar-refractivity contribution >= 4 is 17.4 Å². The van der Waals surface area contributed by atoms with Crippen molar-refractivity contribution in [3.63, 3.8) is 0 Å². The fraction of sp³-hybridized carbons (Fsp3) is 0.619. The molecule has 0 bridgehead atoms. The maximum absolute atomic E-state index is 12.9. The summed E-state index contributed by atoms with van der Waals surface area (Å²) in [6, 6.07) is 2.81. The second-order valence-electron chi connectivity index (χ2n) is 8.94. The molecule has 0 aromatic heterocycles. The van der Waals surface area contributed by atoms with Gasteiger partial charge in [-0.3, -0.25) is 19.7 Å². The SMILES string of the molecule is CC12CCC3c4c([N+](=O)[O-])ccc(O)c4CCC3C1C(CCC(N)=O)CC2=O. The van der Waals surface area contributed by atoms with E-state index in [1.807, 2.05) is 6.92 Å². The number of carbonyl (C=O) groups is 2. The zero-order valence-corrected chi connectivity index (χ0v) is 16.0. The van der Waals surface area contributed by atoms with Gasteiger partial charge in [-0.25, -0.2) is 0 Å². The first-order valence-corrected chi connectivity index (χ1v) is 10.0. The Labute approximate surface area is 163 Å². The van der Waals surface area contributed by atoms with Crippen LogP contribution in [-0.4, -0.2) is 21.7 Å². The third kappa shape index (κ3) is 2.71. The Morgan fingerprint density at radius 2 is 2.14 bits per heavy atom. The lowest BCUT2D eigenvalue weighted by molar-refractivity contribution is -0.386. The first-order valence-electron chi connectivity index (χ1n) is 10.0. The van der Waals surface area contributed by atoms with Gasteiger partial charge in [0, 0.05) is 35.4 Å². The van der Waals surface area contributed by atoms with Crippen LogP contribution >= 0.6 is 0 Å². The number of hydrogen-bond acceptors (Lipinski definition) is 5. The molecule has 5 unspecified atom stereocenters. The first kappa shape index (κ1) is 18.9. The van der Waals surface area contributed by atoms with E-state index < -0.39 is 5.41 Å². The second kappa shape index (κ2) is 6.57. The Balaban J connectivity index is 1.75. The number of benzene rings is 1. The fourth-order valence-electron chi connectivity index (χ4n) is 6.49. The number of nitro groups is 1. The van der Waals surface area contributed by atoms with Gasteiger partial charge in [0.25, 0.3) is 5.69 Å². The normalized spacial score (nSPS) is 33.7. The molecule has 0 saturated heterocycles. The van der Waals surface area contributed by atoms with Crippen LogP contribution in [-0.2, 0) is 16.0 Å². The highest BCUT2D eigenvalue weighted by Crippen LogP contribution is 2.63. The average molecular weight is 386 g/mol. The Kier molecular flexibility index (Phi) is 4.43. The highest BCUT2D eigenvalue weighted by Gasteiger charge is 2.59. The van der Waals surface area contributed by atoms with Gasteiger partial charge in [-0.1, -0.05) is 6.92 Å². The van der Waals surface area contributed by atoms with E-state index in [9.17, 15) is 24.8 Å². The van der Waals surface area contributed by atoms with E-state index in [0.29, 0.717) is 43.2 Å². The summed E-state index contributed by atoms with van der Waals surface area (Å²) in [4.78, 5) is 35.5. The topological polar surface area (TPSA) is 124 Å². The molecule has 0 radical (unpaired) electrons. The molecule has 3 aliphatic carbocycles. The van der Waals surface area contributed by atoms with Gasteiger partial charge in [0.1, 0.15) is 11.5 Å². The smallest absolute Gasteiger partial charge is 0.273 e.